The first-order valence-electron chi connectivity index (χ1n) is 9.40. The Labute approximate surface area is 178 Å². The normalized spacial score (nSPS) is 10.5. The van der Waals surface area contributed by atoms with Crippen LogP contribution in [0.1, 0.15) is 35.5 Å². The summed E-state index contributed by atoms with van der Waals surface area (Å²) in [6.45, 7) is 7.33. The van der Waals surface area contributed by atoms with Crippen molar-refractivity contribution in [3.8, 4) is 10.7 Å². The molecule has 2 aromatic heterocycles. The van der Waals surface area contributed by atoms with Crippen molar-refractivity contribution in [1.82, 2.24) is 9.97 Å². The van der Waals surface area contributed by atoms with Crippen molar-refractivity contribution in [2.24, 2.45) is 0 Å². The Bertz CT molecular complexity index is 1090. The van der Waals surface area contributed by atoms with Gasteiger partial charge in [0.1, 0.15) is 5.82 Å². The van der Waals surface area contributed by atoms with E-state index in [1.54, 1.807) is 30.3 Å². The highest BCUT2D eigenvalue weighted by atomic mass is 32.1. The molecule has 154 valence electrons. The molecule has 0 unspecified atom stereocenters. The van der Waals surface area contributed by atoms with Gasteiger partial charge in [0.2, 0.25) is 5.91 Å². The molecule has 0 aliphatic carbocycles. The molecule has 0 atom stereocenters. The number of carbonyl (C=O) groups is 2. The van der Waals surface area contributed by atoms with E-state index in [0.29, 0.717) is 18.1 Å². The van der Waals surface area contributed by atoms with Crippen LogP contribution in [0.5, 0.6) is 0 Å². The highest BCUT2D eigenvalue weighted by Gasteiger charge is 2.16. The summed E-state index contributed by atoms with van der Waals surface area (Å²) in [6.07, 6.45) is 3.12. The van der Waals surface area contributed by atoms with Gasteiger partial charge in [-0.1, -0.05) is 13.0 Å². The van der Waals surface area contributed by atoms with E-state index in [4.69, 9.17) is 15.1 Å². The van der Waals surface area contributed by atoms with E-state index in [1.807, 2.05) is 19.1 Å². The second-order valence-corrected chi connectivity index (χ2v) is 7.60. The van der Waals surface area contributed by atoms with Crippen LogP contribution in [-0.4, -0.2) is 27.0 Å². The van der Waals surface area contributed by atoms with Gasteiger partial charge in [-0.05, 0) is 49.2 Å². The summed E-state index contributed by atoms with van der Waals surface area (Å²) < 4.78 is 0. The van der Waals surface area contributed by atoms with Crippen LogP contribution >= 0.6 is 11.3 Å². The van der Waals surface area contributed by atoms with Gasteiger partial charge in [-0.3, -0.25) is 4.79 Å². The minimum absolute atomic E-state index is 0.132. The number of hydrogen-bond acceptors (Lipinski definition) is 6. The Kier molecular flexibility index (Phi) is 6.58. The number of carboxylic acids is 1. The van der Waals surface area contributed by atoms with Crippen LogP contribution in [0, 0.1) is 0 Å². The monoisotopic (exact) mass is 422 g/mol. The van der Waals surface area contributed by atoms with Gasteiger partial charge in [0.15, 0.2) is 5.82 Å². The van der Waals surface area contributed by atoms with Gasteiger partial charge >= 0.3 is 5.97 Å². The molecular weight excluding hydrogens is 400 g/mol. The second kappa shape index (κ2) is 9.32. The van der Waals surface area contributed by atoms with Crippen LogP contribution in [0.15, 0.2) is 49.1 Å². The first kappa shape index (κ1) is 21.2. The molecule has 3 rings (SSSR count). The number of aromatic nitrogens is 2. The molecule has 0 aliphatic rings. The van der Waals surface area contributed by atoms with Crippen LogP contribution in [0.4, 0.5) is 16.5 Å². The van der Waals surface area contributed by atoms with Crippen molar-refractivity contribution >= 4 is 39.7 Å². The largest absolute Gasteiger partial charge is 0.478 e. The lowest BCUT2D eigenvalue weighted by atomic mass is 10.1. The third-order valence-electron chi connectivity index (χ3n) is 4.30. The van der Waals surface area contributed by atoms with E-state index in [0.717, 1.165) is 33.2 Å². The number of aryl methyl sites for hydroxylation is 1. The van der Waals surface area contributed by atoms with Crippen molar-refractivity contribution in [3.63, 3.8) is 0 Å². The van der Waals surface area contributed by atoms with Crippen LogP contribution < -0.4 is 10.6 Å². The number of thiophene rings is 1. The maximum Gasteiger partial charge on any atom is 0.335 e. The molecule has 0 radical (unpaired) electrons. The van der Waals surface area contributed by atoms with E-state index in [-0.39, 0.29) is 11.5 Å². The number of hydrogen-bond donors (Lipinski definition) is 3. The third kappa shape index (κ3) is 4.90. The Balaban J connectivity index is 2.01. The zero-order valence-electron chi connectivity index (χ0n) is 16.7. The minimum Gasteiger partial charge on any atom is -0.478 e. The molecule has 0 saturated heterocycles. The second-order valence-electron chi connectivity index (χ2n) is 6.52. The van der Waals surface area contributed by atoms with E-state index in [9.17, 15) is 9.59 Å². The number of rotatable bonds is 8. The molecule has 0 spiro atoms. The van der Waals surface area contributed by atoms with Crippen LogP contribution in [0.2, 0.25) is 0 Å². The topological polar surface area (TPSA) is 104 Å². The number of amides is 1. The number of nitrogens with zero attached hydrogens (tertiary/aromatic N) is 2. The lowest BCUT2D eigenvalue weighted by Crippen LogP contribution is -2.07. The fraction of sp³-hybridized carbons (Fsp3) is 0.182. The number of aromatic carboxylic acids is 1. The van der Waals surface area contributed by atoms with Gasteiger partial charge in [0, 0.05) is 23.9 Å². The number of anilines is 3. The summed E-state index contributed by atoms with van der Waals surface area (Å²) in [5.41, 5.74) is 2.78. The van der Waals surface area contributed by atoms with Crippen molar-refractivity contribution in [2.75, 3.05) is 10.6 Å². The van der Waals surface area contributed by atoms with Gasteiger partial charge in [0.05, 0.1) is 15.4 Å². The predicted octanol–water partition coefficient (Wildman–Crippen LogP) is 4.90. The highest BCUT2D eigenvalue weighted by molar-refractivity contribution is 7.19. The smallest absolute Gasteiger partial charge is 0.335 e. The van der Waals surface area contributed by atoms with Crippen molar-refractivity contribution in [2.45, 2.75) is 26.7 Å². The fourth-order valence-corrected chi connectivity index (χ4v) is 3.81. The summed E-state index contributed by atoms with van der Waals surface area (Å²) in [4.78, 5) is 32.7. The summed E-state index contributed by atoms with van der Waals surface area (Å²) in [7, 11) is 0. The standard InChI is InChI=1S/C22H22N4O3S/c1-4-6-16-17(5-2)25-21(18-11-12-19(30-18)23-13(3)27)26-20(16)24-15-9-7-14(8-10-15)22(28)29/h4,7-12H,1,5-6H2,2-3H3,(H,23,27)(H,28,29)(H,24,25,26). The van der Waals surface area contributed by atoms with Gasteiger partial charge in [-0.2, -0.15) is 0 Å². The van der Waals surface area contributed by atoms with Crippen LogP contribution in [0.3, 0.4) is 0 Å². The quantitative estimate of drug-likeness (QED) is 0.446. The van der Waals surface area contributed by atoms with Crippen molar-refractivity contribution in [3.05, 3.63) is 65.9 Å². The van der Waals surface area contributed by atoms with E-state index >= 15 is 0 Å². The molecule has 0 saturated carbocycles. The van der Waals surface area contributed by atoms with Gasteiger partial charge < -0.3 is 15.7 Å². The summed E-state index contributed by atoms with van der Waals surface area (Å²) in [5, 5.41) is 15.9. The van der Waals surface area contributed by atoms with Crippen LogP contribution in [-0.2, 0) is 17.6 Å². The number of carbonyl (C=O) groups excluding carboxylic acids is 1. The SMILES string of the molecule is C=CCc1c(CC)nc(-c2ccc(NC(C)=O)s2)nc1Nc1ccc(C(=O)O)cc1. The molecule has 0 aliphatic heterocycles. The number of allylic oxidation sites excluding steroid dienone is 1. The molecule has 2 heterocycles. The Morgan fingerprint density at radius 2 is 1.90 bits per heavy atom. The lowest BCUT2D eigenvalue weighted by Gasteiger charge is -2.15. The van der Waals surface area contributed by atoms with Crippen molar-refractivity contribution in [1.29, 1.82) is 0 Å². The van der Waals surface area contributed by atoms with E-state index < -0.39 is 5.97 Å². The van der Waals surface area contributed by atoms with Gasteiger partial charge in [0.25, 0.3) is 0 Å². The highest BCUT2D eigenvalue weighted by Crippen LogP contribution is 2.32. The first-order valence-corrected chi connectivity index (χ1v) is 10.2. The molecule has 3 N–H and O–H groups in total. The number of nitrogens with one attached hydrogen (secondary N) is 2. The van der Waals surface area contributed by atoms with Gasteiger partial charge in [-0.25, -0.2) is 14.8 Å². The Hall–Kier alpha value is -3.52. The predicted molar refractivity (Wildman–Crippen MR) is 120 cm³/mol. The average molecular weight is 423 g/mol. The number of carboxylic acid groups (broad SMARTS) is 1. The molecule has 3 aromatic rings. The van der Waals surface area contributed by atoms with Gasteiger partial charge in [-0.15, -0.1) is 17.9 Å². The molecule has 0 fully saturated rings. The maximum absolute atomic E-state index is 11.3. The van der Waals surface area contributed by atoms with E-state index in [2.05, 4.69) is 17.2 Å². The van der Waals surface area contributed by atoms with E-state index in [1.165, 1.54) is 18.3 Å². The molecule has 0 bridgehead atoms. The average Bonchev–Trinajstić information content (AvgIpc) is 3.17. The molecule has 7 nitrogen and oxygen atoms in total. The zero-order chi connectivity index (χ0) is 21.7. The molecule has 1 aromatic carbocycles. The Morgan fingerprint density at radius 1 is 1.17 bits per heavy atom. The van der Waals surface area contributed by atoms with Crippen molar-refractivity contribution < 1.29 is 14.7 Å². The zero-order valence-corrected chi connectivity index (χ0v) is 17.5. The fourth-order valence-electron chi connectivity index (χ4n) is 2.93. The first-order chi connectivity index (χ1) is 14.4. The summed E-state index contributed by atoms with van der Waals surface area (Å²) >= 11 is 1.40. The summed E-state index contributed by atoms with van der Waals surface area (Å²) in [5.74, 6) is 0.103. The molecule has 30 heavy (non-hydrogen) atoms. The maximum atomic E-state index is 11.3. The minimum atomic E-state index is -0.973. The third-order valence-corrected chi connectivity index (χ3v) is 5.29. The molecular formula is C22H22N4O3S. The summed E-state index contributed by atoms with van der Waals surface area (Å²) in [6, 6.07) is 10.2. The number of benzene rings is 1. The Morgan fingerprint density at radius 3 is 2.50 bits per heavy atom. The molecule has 1 amide bonds. The molecule has 8 heteroatoms. The lowest BCUT2D eigenvalue weighted by molar-refractivity contribution is -0.114. The van der Waals surface area contributed by atoms with Crippen LogP contribution in [0.25, 0.3) is 10.7 Å².